The third-order valence-electron chi connectivity index (χ3n) is 21.4. The van der Waals surface area contributed by atoms with Gasteiger partial charge in [0.15, 0.2) is 0 Å². The molecule has 0 aromatic carbocycles. The van der Waals surface area contributed by atoms with Crippen LogP contribution in [0.3, 0.4) is 0 Å². The van der Waals surface area contributed by atoms with Crippen molar-refractivity contribution in [1.29, 1.82) is 0 Å². The molecule has 0 bridgehead atoms. The summed E-state index contributed by atoms with van der Waals surface area (Å²) in [4.78, 5) is 25.8. The van der Waals surface area contributed by atoms with Gasteiger partial charge < -0.3 is 18.9 Å². The van der Waals surface area contributed by atoms with Crippen molar-refractivity contribution < 1.29 is 28.5 Å². The molecule has 0 heterocycles. The number of allylic oxidation sites excluding steroid dienone is 2. The van der Waals surface area contributed by atoms with Gasteiger partial charge in [0.05, 0.1) is 0 Å². The van der Waals surface area contributed by atoms with Crippen LogP contribution < -0.4 is 0 Å². The fraction of sp³-hybridized carbons (Fsp3) is 0.898. The monoisotopic (exact) mass is 905 g/mol. The number of hydrogen-bond acceptors (Lipinski definition) is 6. The van der Waals surface area contributed by atoms with Crippen LogP contribution in [0.4, 0.5) is 9.59 Å². The predicted molar refractivity (Wildman–Crippen MR) is 267 cm³/mol. The number of rotatable bonds is 14. The van der Waals surface area contributed by atoms with Gasteiger partial charge in [-0.2, -0.15) is 0 Å². The van der Waals surface area contributed by atoms with Gasteiger partial charge in [-0.1, -0.05) is 146 Å². The largest absolute Gasteiger partial charge is 0.511 e. The molecule has 8 aliphatic carbocycles. The molecule has 372 valence electrons. The summed E-state index contributed by atoms with van der Waals surface area (Å²) in [5, 5.41) is 0. The Morgan fingerprint density at radius 3 is 1.32 bits per heavy atom. The molecule has 0 aliphatic heterocycles. The maximum absolute atomic E-state index is 12.9. The Morgan fingerprint density at radius 2 is 0.938 bits per heavy atom. The van der Waals surface area contributed by atoms with Crippen LogP contribution in [0.1, 0.15) is 225 Å². The smallest absolute Gasteiger partial charge is 0.431 e. The summed E-state index contributed by atoms with van der Waals surface area (Å²) in [5.74, 6) is 9.68. The van der Waals surface area contributed by atoms with Crippen LogP contribution in [-0.4, -0.2) is 31.3 Å². The van der Waals surface area contributed by atoms with Gasteiger partial charge in [-0.15, -0.1) is 0 Å². The molecule has 16 atom stereocenters. The Balaban J connectivity index is 0.00000350. The summed E-state index contributed by atoms with van der Waals surface area (Å²) in [6.45, 7) is 24.5. The van der Waals surface area contributed by atoms with Gasteiger partial charge in [-0.3, -0.25) is 0 Å². The lowest BCUT2D eigenvalue weighted by molar-refractivity contribution is -0.0789. The molecule has 6 saturated carbocycles. The second kappa shape index (κ2) is 20.9. The first-order valence-corrected chi connectivity index (χ1v) is 27.0. The Hall–Kier alpha value is -1.98. The van der Waals surface area contributed by atoms with Crippen molar-refractivity contribution in [2.24, 2.45) is 92.7 Å². The average Bonchev–Trinajstić information content (AvgIpc) is 3.77. The summed E-state index contributed by atoms with van der Waals surface area (Å²) >= 11 is 0. The van der Waals surface area contributed by atoms with Crippen molar-refractivity contribution in [3.8, 4) is 0 Å². The molecule has 0 amide bonds. The SMILES string of the molecule is C.C.CC(C)CCCC(C)C1CCC2C3CC=C4CC(OC(=O)OCOC(=O)OC5CCC6(C)C(=CCC7C6CCC6(C)C(C(C)CCCC(C)C)CCC76)C5)CCC4(C)C3CCC12C. The summed E-state index contributed by atoms with van der Waals surface area (Å²) in [7, 11) is 0. The number of ether oxygens (including phenoxy) is 4. The molecule has 6 nitrogen and oxygen atoms in total. The zero-order valence-electron chi connectivity index (χ0n) is 42.0. The van der Waals surface area contributed by atoms with Gasteiger partial charge >= 0.3 is 12.3 Å². The summed E-state index contributed by atoms with van der Waals surface area (Å²) in [6.07, 6.45) is 30.2. The zero-order valence-corrected chi connectivity index (χ0v) is 42.0. The first kappa shape index (κ1) is 52.4. The molecule has 0 spiro atoms. The van der Waals surface area contributed by atoms with E-state index in [1.165, 1.54) is 114 Å². The van der Waals surface area contributed by atoms with Crippen molar-refractivity contribution in [1.82, 2.24) is 0 Å². The maximum Gasteiger partial charge on any atom is 0.511 e. The molecule has 6 heteroatoms. The number of hydrogen-bond donors (Lipinski definition) is 0. The summed E-state index contributed by atoms with van der Waals surface area (Å²) < 4.78 is 22.4. The summed E-state index contributed by atoms with van der Waals surface area (Å²) in [5.41, 5.74) is 4.33. The minimum absolute atomic E-state index is 0. The van der Waals surface area contributed by atoms with Crippen molar-refractivity contribution in [3.05, 3.63) is 23.3 Å². The molecule has 0 aromatic rings. The molecule has 0 radical (unpaired) electrons. The molecule has 0 saturated heterocycles. The van der Waals surface area contributed by atoms with Crippen molar-refractivity contribution in [2.75, 3.05) is 6.79 Å². The van der Waals surface area contributed by atoms with Crippen LogP contribution >= 0.6 is 0 Å². The van der Waals surface area contributed by atoms with Crippen LogP contribution in [0, 0.1) is 92.7 Å². The standard InChI is InChI=1S/C57H92O6.2CH4/c1-36(2)13-11-15-38(5)46-21-23-48-44-19-17-40-33-42(25-29-54(40,7)50(44)27-31-56(46,48)9)62-52(58)60-35-61-53(59)63-43-26-30-55(8)41(34-43)18-20-45-49-24-22-47(39(6)16-12-14-37(3)4)57(49,10)32-28-51(45)55;;/h17-18,36-39,42-51H,11-16,19-35H2,1-10H3;2*1H4. The Bertz CT molecular complexity index is 1560. The zero-order chi connectivity index (χ0) is 44.9. The minimum Gasteiger partial charge on any atom is -0.431 e. The van der Waals surface area contributed by atoms with Gasteiger partial charge in [0, 0.05) is 12.8 Å². The van der Waals surface area contributed by atoms with E-state index in [9.17, 15) is 9.59 Å². The van der Waals surface area contributed by atoms with Gasteiger partial charge in [-0.05, 0) is 183 Å². The van der Waals surface area contributed by atoms with Crippen LogP contribution in [0.2, 0.25) is 0 Å². The van der Waals surface area contributed by atoms with Gasteiger partial charge in [0.1, 0.15) is 12.2 Å². The van der Waals surface area contributed by atoms with Gasteiger partial charge in [0.25, 0.3) is 0 Å². The first-order chi connectivity index (χ1) is 30.0. The van der Waals surface area contributed by atoms with Crippen molar-refractivity contribution in [3.63, 3.8) is 0 Å². The highest BCUT2D eigenvalue weighted by Crippen LogP contribution is 2.69. The Morgan fingerprint density at radius 1 is 0.538 bits per heavy atom. The highest BCUT2D eigenvalue weighted by atomic mass is 16.8. The normalized spacial score (nSPS) is 41.3. The third kappa shape index (κ3) is 10.2. The molecule has 8 rings (SSSR count). The van der Waals surface area contributed by atoms with E-state index in [4.69, 9.17) is 18.9 Å². The van der Waals surface area contributed by atoms with E-state index < -0.39 is 19.1 Å². The van der Waals surface area contributed by atoms with E-state index in [2.05, 4.69) is 81.4 Å². The van der Waals surface area contributed by atoms with Crippen LogP contribution in [-0.2, 0) is 18.9 Å². The quantitative estimate of drug-likeness (QED) is 0.0982. The summed E-state index contributed by atoms with van der Waals surface area (Å²) in [6, 6.07) is 0. The van der Waals surface area contributed by atoms with Crippen molar-refractivity contribution >= 4 is 12.3 Å². The fourth-order valence-corrected chi connectivity index (χ4v) is 18.0. The molecule has 0 N–H and O–H groups in total. The van der Waals surface area contributed by atoms with E-state index in [0.29, 0.717) is 10.8 Å². The lowest BCUT2D eigenvalue weighted by atomic mass is 9.47. The second-order valence-corrected chi connectivity index (χ2v) is 25.5. The lowest BCUT2D eigenvalue weighted by Crippen LogP contribution is -2.51. The Labute approximate surface area is 399 Å². The first-order valence-electron chi connectivity index (χ1n) is 27.0. The minimum atomic E-state index is -0.758. The molecule has 8 aliphatic rings. The van der Waals surface area contributed by atoms with E-state index in [1.54, 1.807) is 0 Å². The lowest BCUT2D eigenvalue weighted by Gasteiger charge is -2.58. The van der Waals surface area contributed by atoms with Gasteiger partial charge in [0.2, 0.25) is 6.79 Å². The molecular weight excluding hydrogens is 805 g/mol. The van der Waals surface area contributed by atoms with E-state index in [1.807, 2.05) is 0 Å². The third-order valence-corrected chi connectivity index (χ3v) is 21.4. The Kier molecular flexibility index (Phi) is 16.9. The van der Waals surface area contributed by atoms with E-state index in [-0.39, 0.29) is 37.9 Å². The number of carbonyl (C=O) groups is 2. The molecule has 0 aromatic heterocycles. The molecule has 65 heavy (non-hydrogen) atoms. The average molecular weight is 905 g/mol. The second-order valence-electron chi connectivity index (χ2n) is 25.5. The van der Waals surface area contributed by atoms with Crippen LogP contribution in [0.5, 0.6) is 0 Å². The van der Waals surface area contributed by atoms with Crippen molar-refractivity contribution in [2.45, 2.75) is 238 Å². The molecule has 6 fully saturated rings. The predicted octanol–water partition coefficient (Wildman–Crippen LogP) is 17.3. The topological polar surface area (TPSA) is 71.1 Å². The maximum atomic E-state index is 12.9. The number of fused-ring (bicyclic) bond motifs is 10. The fourth-order valence-electron chi connectivity index (χ4n) is 18.0. The van der Waals surface area contributed by atoms with Crippen LogP contribution in [0.25, 0.3) is 0 Å². The highest BCUT2D eigenvalue weighted by molar-refractivity contribution is 5.62. The van der Waals surface area contributed by atoms with E-state index >= 15 is 0 Å². The number of carbonyl (C=O) groups excluding carboxylic acids is 2. The molecule has 16 unspecified atom stereocenters. The van der Waals surface area contributed by atoms with Crippen LogP contribution in [0.15, 0.2) is 23.3 Å². The molecular formula is C59H100O6. The van der Waals surface area contributed by atoms with Gasteiger partial charge in [-0.25, -0.2) is 9.59 Å². The highest BCUT2D eigenvalue weighted by Gasteiger charge is 2.61. The van der Waals surface area contributed by atoms with E-state index in [0.717, 1.165) is 110 Å².